The zero-order valence-corrected chi connectivity index (χ0v) is 17.4. The number of aromatic nitrogens is 3. The summed E-state index contributed by atoms with van der Waals surface area (Å²) in [6.45, 7) is 4.06. The van der Waals surface area contributed by atoms with Gasteiger partial charge in [-0.3, -0.25) is 14.9 Å². The summed E-state index contributed by atoms with van der Waals surface area (Å²) in [6, 6.07) is 12.3. The number of nitro groups is 1. The van der Waals surface area contributed by atoms with E-state index >= 15 is 0 Å². The average molecular weight is 411 g/mol. The maximum absolute atomic E-state index is 12.8. The van der Waals surface area contributed by atoms with Crippen LogP contribution in [-0.2, 0) is 13.6 Å². The quantitative estimate of drug-likeness (QED) is 0.453. The number of rotatable bonds is 6. The summed E-state index contributed by atoms with van der Waals surface area (Å²) in [5, 5.41) is 19.6. The fourth-order valence-electron chi connectivity index (χ4n) is 2.71. The van der Waals surface area contributed by atoms with Gasteiger partial charge in [-0.05, 0) is 38.1 Å². The summed E-state index contributed by atoms with van der Waals surface area (Å²) >= 11 is 1.30. The van der Waals surface area contributed by atoms with E-state index in [1.54, 1.807) is 23.7 Å². The lowest BCUT2D eigenvalue weighted by molar-refractivity contribution is -0.387. The number of benzene rings is 2. The van der Waals surface area contributed by atoms with Crippen molar-refractivity contribution in [2.24, 2.45) is 7.05 Å². The molecule has 8 nitrogen and oxygen atoms in total. The smallest absolute Gasteiger partial charge is 0.284 e. The molecule has 3 aromatic rings. The maximum Gasteiger partial charge on any atom is 0.284 e. The molecule has 0 aliphatic carbocycles. The van der Waals surface area contributed by atoms with Crippen molar-refractivity contribution >= 4 is 23.4 Å². The highest BCUT2D eigenvalue weighted by atomic mass is 32.2. The van der Waals surface area contributed by atoms with Gasteiger partial charge in [-0.25, -0.2) is 0 Å². The Morgan fingerprint density at radius 3 is 2.45 bits per heavy atom. The van der Waals surface area contributed by atoms with Gasteiger partial charge in [-0.2, -0.15) is 0 Å². The topological polar surface area (TPSA) is 94.2 Å². The Balaban J connectivity index is 1.83. The number of hydrogen-bond donors (Lipinski definition) is 0. The van der Waals surface area contributed by atoms with E-state index in [0.717, 1.165) is 16.3 Å². The van der Waals surface area contributed by atoms with Gasteiger partial charge in [0.25, 0.3) is 11.6 Å². The summed E-state index contributed by atoms with van der Waals surface area (Å²) in [6.07, 6.45) is 0. The number of nitrogens with zero attached hydrogens (tertiary/aromatic N) is 5. The Morgan fingerprint density at radius 2 is 1.86 bits per heavy atom. The van der Waals surface area contributed by atoms with E-state index in [1.165, 1.54) is 22.7 Å². The molecule has 150 valence electrons. The minimum Gasteiger partial charge on any atom is -0.334 e. The second kappa shape index (κ2) is 8.44. The molecule has 0 saturated heterocycles. The van der Waals surface area contributed by atoms with Crippen LogP contribution in [0.25, 0.3) is 0 Å². The zero-order valence-electron chi connectivity index (χ0n) is 16.6. The monoisotopic (exact) mass is 411 g/mol. The summed E-state index contributed by atoms with van der Waals surface area (Å²) in [5.74, 6) is 1.06. The molecule has 0 N–H and O–H groups in total. The fourth-order valence-corrected chi connectivity index (χ4v) is 3.61. The first-order chi connectivity index (χ1) is 13.8. The normalized spacial score (nSPS) is 10.8. The summed E-state index contributed by atoms with van der Waals surface area (Å²) < 4.78 is 1.80. The number of nitro benzene ring substituents is 1. The molecule has 0 aliphatic heterocycles. The van der Waals surface area contributed by atoms with Crippen LogP contribution in [0.2, 0.25) is 0 Å². The highest BCUT2D eigenvalue weighted by Crippen LogP contribution is 2.35. The third-order valence-electron chi connectivity index (χ3n) is 4.56. The molecule has 9 heteroatoms. The molecule has 0 bridgehead atoms. The van der Waals surface area contributed by atoms with E-state index < -0.39 is 4.92 Å². The van der Waals surface area contributed by atoms with Gasteiger partial charge < -0.3 is 9.47 Å². The second-order valence-corrected chi connectivity index (χ2v) is 7.85. The largest absolute Gasteiger partial charge is 0.334 e. The molecular weight excluding hydrogens is 390 g/mol. The van der Waals surface area contributed by atoms with Gasteiger partial charge in [-0.15, -0.1) is 10.2 Å². The van der Waals surface area contributed by atoms with Crippen molar-refractivity contribution in [1.29, 1.82) is 0 Å². The van der Waals surface area contributed by atoms with Gasteiger partial charge in [-0.1, -0.05) is 29.5 Å². The molecule has 0 spiro atoms. The molecule has 0 radical (unpaired) electrons. The lowest BCUT2D eigenvalue weighted by atomic mass is 10.2. The Bertz CT molecular complexity index is 1060. The van der Waals surface area contributed by atoms with Crippen LogP contribution in [0.15, 0.2) is 52.3 Å². The Hall–Kier alpha value is -3.20. The first-order valence-electron chi connectivity index (χ1n) is 8.89. The van der Waals surface area contributed by atoms with Crippen LogP contribution < -0.4 is 0 Å². The molecule has 1 amide bonds. The van der Waals surface area contributed by atoms with Gasteiger partial charge >= 0.3 is 0 Å². The van der Waals surface area contributed by atoms with Crippen LogP contribution in [0, 0.1) is 24.0 Å². The predicted molar refractivity (Wildman–Crippen MR) is 110 cm³/mol. The van der Waals surface area contributed by atoms with Crippen molar-refractivity contribution in [2.45, 2.75) is 30.2 Å². The van der Waals surface area contributed by atoms with Crippen molar-refractivity contribution in [3.05, 3.63) is 75.4 Å². The lowest BCUT2D eigenvalue weighted by Crippen LogP contribution is -2.27. The summed E-state index contributed by atoms with van der Waals surface area (Å²) in [4.78, 5) is 26.8. The third-order valence-corrected chi connectivity index (χ3v) is 5.63. The lowest BCUT2D eigenvalue weighted by Gasteiger charge is -2.17. The highest BCUT2D eigenvalue weighted by Gasteiger charge is 2.21. The highest BCUT2D eigenvalue weighted by molar-refractivity contribution is 7.99. The second-order valence-electron chi connectivity index (χ2n) is 6.74. The van der Waals surface area contributed by atoms with Gasteiger partial charge in [0.2, 0.25) is 0 Å². The fraction of sp³-hybridized carbons (Fsp3) is 0.250. The van der Waals surface area contributed by atoms with E-state index in [9.17, 15) is 14.9 Å². The first kappa shape index (κ1) is 20.5. The van der Waals surface area contributed by atoms with Crippen LogP contribution in [0.1, 0.15) is 27.6 Å². The molecule has 3 rings (SSSR count). The average Bonchev–Trinajstić information content (AvgIpc) is 3.01. The van der Waals surface area contributed by atoms with Crippen molar-refractivity contribution in [3.8, 4) is 0 Å². The molecule has 2 aromatic carbocycles. The zero-order chi connectivity index (χ0) is 21.1. The number of carbonyl (C=O) groups excluding carboxylic acids is 1. The van der Waals surface area contributed by atoms with Crippen molar-refractivity contribution in [1.82, 2.24) is 19.7 Å². The minimum absolute atomic E-state index is 0.0932. The van der Waals surface area contributed by atoms with E-state index in [-0.39, 0.29) is 23.7 Å². The van der Waals surface area contributed by atoms with Crippen molar-refractivity contribution in [3.63, 3.8) is 0 Å². The van der Waals surface area contributed by atoms with E-state index in [4.69, 9.17) is 0 Å². The third kappa shape index (κ3) is 4.62. The van der Waals surface area contributed by atoms with Gasteiger partial charge in [0.15, 0.2) is 5.82 Å². The number of aryl methyl sites for hydroxylation is 2. The van der Waals surface area contributed by atoms with E-state index in [2.05, 4.69) is 10.2 Å². The molecule has 1 heterocycles. The standard InChI is InChI=1S/C20H21N5O3S/c1-13-5-8-16(9-6-13)29-18-10-7-15(11-17(18)25(27)28)20(26)23(3)12-19-22-21-14(2)24(19)4/h5-11H,12H2,1-4H3. The van der Waals surface area contributed by atoms with E-state index in [1.807, 2.05) is 45.2 Å². The van der Waals surface area contributed by atoms with Gasteiger partial charge in [0, 0.05) is 30.6 Å². The molecule has 0 atom stereocenters. The Morgan fingerprint density at radius 1 is 1.17 bits per heavy atom. The molecule has 1 aromatic heterocycles. The Labute approximate surface area is 172 Å². The van der Waals surface area contributed by atoms with Crippen LogP contribution in [0.5, 0.6) is 0 Å². The molecule has 0 unspecified atom stereocenters. The SMILES string of the molecule is Cc1ccc(Sc2ccc(C(=O)N(C)Cc3nnc(C)n3C)cc2[N+](=O)[O-])cc1. The van der Waals surface area contributed by atoms with Gasteiger partial charge in [0.1, 0.15) is 5.82 Å². The molecule has 29 heavy (non-hydrogen) atoms. The molecule has 0 aliphatic rings. The minimum atomic E-state index is -0.459. The van der Waals surface area contributed by atoms with E-state index in [0.29, 0.717) is 10.7 Å². The predicted octanol–water partition coefficient (Wildman–Crippen LogP) is 3.76. The number of hydrogen-bond acceptors (Lipinski definition) is 6. The Kier molecular flexibility index (Phi) is 5.97. The van der Waals surface area contributed by atoms with Crippen LogP contribution in [0.3, 0.4) is 0 Å². The molecule has 0 saturated carbocycles. The molecular formula is C20H21N5O3S. The first-order valence-corrected chi connectivity index (χ1v) is 9.71. The number of amides is 1. The summed E-state index contributed by atoms with van der Waals surface area (Å²) in [7, 11) is 3.46. The molecule has 0 fully saturated rings. The van der Waals surface area contributed by atoms with Crippen LogP contribution >= 0.6 is 11.8 Å². The number of carbonyl (C=O) groups is 1. The van der Waals surface area contributed by atoms with Crippen LogP contribution in [0.4, 0.5) is 5.69 Å². The van der Waals surface area contributed by atoms with Crippen LogP contribution in [-0.4, -0.2) is 37.5 Å². The van der Waals surface area contributed by atoms with Crippen molar-refractivity contribution < 1.29 is 9.72 Å². The van der Waals surface area contributed by atoms with Gasteiger partial charge in [0.05, 0.1) is 16.4 Å². The summed E-state index contributed by atoms with van der Waals surface area (Å²) in [5.41, 5.74) is 1.28. The maximum atomic E-state index is 12.8. The van der Waals surface area contributed by atoms with Crippen molar-refractivity contribution in [2.75, 3.05) is 7.05 Å².